The minimum Gasteiger partial charge on any atom is -0.248 e. The third kappa shape index (κ3) is 3.36. The first kappa shape index (κ1) is 16.6. The van der Waals surface area contributed by atoms with Gasteiger partial charge in [-0.05, 0) is 25.5 Å². The first-order valence-corrected chi connectivity index (χ1v) is 8.24. The van der Waals surface area contributed by atoms with Crippen LogP contribution in [0, 0.1) is 0 Å². The van der Waals surface area contributed by atoms with E-state index in [2.05, 4.69) is 23.9 Å². The molecule has 1 aromatic heterocycles. The normalized spacial score (nSPS) is 12.1. The van der Waals surface area contributed by atoms with Gasteiger partial charge in [0.25, 0.3) is 0 Å². The van der Waals surface area contributed by atoms with Crippen LogP contribution in [-0.2, 0) is 11.8 Å². The van der Waals surface area contributed by atoms with Crippen molar-refractivity contribution in [2.75, 3.05) is 11.8 Å². The monoisotopic (exact) mass is 345 g/mol. The van der Waals surface area contributed by atoms with Crippen LogP contribution >= 0.6 is 34.8 Å². The SMILES string of the molecule is CC(C)n1ncnc1CC(CCl)(CCl)c1ccccc1Cl. The highest BCUT2D eigenvalue weighted by Gasteiger charge is 2.34. The predicted octanol–water partition coefficient (Wildman–Crippen LogP) is 4.47. The Hall–Kier alpha value is -0.770. The van der Waals surface area contributed by atoms with E-state index in [1.807, 2.05) is 28.9 Å². The fraction of sp³-hybridized carbons (Fsp3) is 0.467. The molecular formula is C15H18Cl3N3. The average Bonchev–Trinajstić information content (AvgIpc) is 2.94. The second-order valence-corrected chi connectivity index (χ2v) is 6.36. The van der Waals surface area contributed by atoms with E-state index < -0.39 is 5.41 Å². The van der Waals surface area contributed by atoms with Crippen LogP contribution in [0.4, 0.5) is 0 Å². The van der Waals surface area contributed by atoms with Crippen molar-refractivity contribution < 1.29 is 0 Å². The van der Waals surface area contributed by atoms with Crippen LogP contribution < -0.4 is 0 Å². The zero-order valence-corrected chi connectivity index (χ0v) is 14.3. The van der Waals surface area contributed by atoms with Gasteiger partial charge in [0.05, 0.1) is 0 Å². The van der Waals surface area contributed by atoms with Crippen LogP contribution in [0.3, 0.4) is 0 Å². The largest absolute Gasteiger partial charge is 0.248 e. The Morgan fingerprint density at radius 1 is 1.19 bits per heavy atom. The number of halogens is 3. The molecule has 0 radical (unpaired) electrons. The van der Waals surface area contributed by atoms with Gasteiger partial charge in [-0.25, -0.2) is 9.67 Å². The van der Waals surface area contributed by atoms with Crippen LogP contribution in [0.15, 0.2) is 30.6 Å². The van der Waals surface area contributed by atoms with E-state index in [1.54, 1.807) is 6.33 Å². The van der Waals surface area contributed by atoms with E-state index in [9.17, 15) is 0 Å². The van der Waals surface area contributed by atoms with Crippen LogP contribution in [0.25, 0.3) is 0 Å². The molecule has 0 spiro atoms. The predicted molar refractivity (Wildman–Crippen MR) is 88.7 cm³/mol. The zero-order valence-electron chi connectivity index (χ0n) is 12.1. The summed E-state index contributed by atoms with van der Waals surface area (Å²) >= 11 is 18.9. The van der Waals surface area contributed by atoms with Gasteiger partial charge >= 0.3 is 0 Å². The zero-order chi connectivity index (χ0) is 15.5. The lowest BCUT2D eigenvalue weighted by molar-refractivity contribution is 0.454. The summed E-state index contributed by atoms with van der Waals surface area (Å²) in [7, 11) is 0. The maximum absolute atomic E-state index is 6.35. The first-order valence-electron chi connectivity index (χ1n) is 6.79. The molecule has 1 aromatic carbocycles. The lowest BCUT2D eigenvalue weighted by atomic mass is 9.80. The number of nitrogens with zero attached hydrogens (tertiary/aromatic N) is 3. The van der Waals surface area contributed by atoms with Crippen LogP contribution in [0.2, 0.25) is 5.02 Å². The summed E-state index contributed by atoms with van der Waals surface area (Å²) in [6.07, 6.45) is 2.16. The highest BCUT2D eigenvalue weighted by molar-refractivity contribution is 6.32. The van der Waals surface area contributed by atoms with Crippen molar-refractivity contribution in [1.82, 2.24) is 14.8 Å². The summed E-state index contributed by atoms with van der Waals surface area (Å²) in [5.41, 5.74) is 0.496. The van der Waals surface area contributed by atoms with E-state index in [-0.39, 0.29) is 6.04 Å². The maximum Gasteiger partial charge on any atom is 0.138 e. The molecule has 0 saturated carbocycles. The number of hydrogen-bond donors (Lipinski definition) is 0. The number of benzene rings is 1. The minimum absolute atomic E-state index is 0.233. The molecule has 2 rings (SSSR count). The highest BCUT2D eigenvalue weighted by atomic mass is 35.5. The van der Waals surface area contributed by atoms with E-state index in [0.717, 1.165) is 11.4 Å². The Balaban J connectivity index is 2.44. The van der Waals surface area contributed by atoms with Gasteiger partial charge in [0.1, 0.15) is 12.2 Å². The number of alkyl halides is 2. The van der Waals surface area contributed by atoms with Crippen LogP contribution in [0.1, 0.15) is 31.3 Å². The Bertz CT molecular complexity index is 591. The molecule has 0 aliphatic rings. The Morgan fingerprint density at radius 2 is 1.86 bits per heavy atom. The van der Waals surface area contributed by atoms with Crippen molar-refractivity contribution in [2.45, 2.75) is 31.7 Å². The van der Waals surface area contributed by atoms with Crippen molar-refractivity contribution >= 4 is 34.8 Å². The van der Waals surface area contributed by atoms with Gasteiger partial charge in [-0.1, -0.05) is 29.8 Å². The van der Waals surface area contributed by atoms with Gasteiger partial charge in [0.15, 0.2) is 0 Å². The van der Waals surface area contributed by atoms with E-state index in [4.69, 9.17) is 34.8 Å². The third-order valence-corrected chi connectivity index (χ3v) is 4.94. The molecule has 2 aromatic rings. The lowest BCUT2D eigenvalue weighted by Crippen LogP contribution is -2.35. The topological polar surface area (TPSA) is 30.7 Å². The summed E-state index contributed by atoms with van der Waals surface area (Å²) in [5, 5.41) is 4.95. The van der Waals surface area contributed by atoms with Crippen LogP contribution in [0.5, 0.6) is 0 Å². The molecule has 0 fully saturated rings. The van der Waals surface area contributed by atoms with E-state index >= 15 is 0 Å². The molecule has 3 nitrogen and oxygen atoms in total. The van der Waals surface area contributed by atoms with Crippen molar-refractivity contribution in [3.63, 3.8) is 0 Å². The molecule has 0 amide bonds. The minimum atomic E-state index is -0.457. The summed E-state index contributed by atoms with van der Waals surface area (Å²) in [4.78, 5) is 4.36. The smallest absolute Gasteiger partial charge is 0.138 e. The Morgan fingerprint density at radius 3 is 2.43 bits per heavy atom. The second kappa shape index (κ2) is 6.99. The van der Waals surface area contributed by atoms with E-state index in [1.165, 1.54) is 0 Å². The van der Waals surface area contributed by atoms with Crippen molar-refractivity contribution in [2.24, 2.45) is 0 Å². The van der Waals surface area contributed by atoms with E-state index in [0.29, 0.717) is 23.2 Å². The molecule has 114 valence electrons. The molecule has 0 unspecified atom stereocenters. The van der Waals surface area contributed by atoms with Crippen molar-refractivity contribution in [3.8, 4) is 0 Å². The highest BCUT2D eigenvalue weighted by Crippen LogP contribution is 2.35. The number of aromatic nitrogens is 3. The lowest BCUT2D eigenvalue weighted by Gasteiger charge is -2.31. The molecule has 6 heteroatoms. The molecule has 0 saturated heterocycles. The van der Waals surface area contributed by atoms with Crippen molar-refractivity contribution in [1.29, 1.82) is 0 Å². The average molecular weight is 347 g/mol. The summed E-state index contributed by atoms with van der Waals surface area (Å²) in [6.45, 7) is 4.13. The fourth-order valence-corrected chi connectivity index (χ4v) is 3.49. The molecule has 0 aliphatic carbocycles. The maximum atomic E-state index is 6.35. The summed E-state index contributed by atoms with van der Waals surface area (Å²) in [6, 6.07) is 7.91. The van der Waals surface area contributed by atoms with Gasteiger partial charge in [0, 0.05) is 34.7 Å². The summed E-state index contributed by atoms with van der Waals surface area (Å²) in [5.74, 6) is 1.60. The van der Waals surface area contributed by atoms with Crippen molar-refractivity contribution in [3.05, 3.63) is 47.0 Å². The number of rotatable bonds is 6. The van der Waals surface area contributed by atoms with Gasteiger partial charge in [-0.2, -0.15) is 5.10 Å². The molecule has 0 N–H and O–H groups in total. The quantitative estimate of drug-likeness (QED) is 0.722. The Kier molecular flexibility index (Phi) is 5.53. The molecule has 0 atom stereocenters. The summed E-state index contributed by atoms with van der Waals surface area (Å²) < 4.78 is 1.89. The van der Waals surface area contributed by atoms with Gasteiger partial charge in [-0.3, -0.25) is 0 Å². The Labute approximate surface area is 140 Å². The second-order valence-electron chi connectivity index (χ2n) is 5.42. The molecular weight excluding hydrogens is 329 g/mol. The molecule has 0 bridgehead atoms. The van der Waals surface area contributed by atoms with Gasteiger partial charge < -0.3 is 0 Å². The third-order valence-electron chi connectivity index (χ3n) is 3.59. The van der Waals surface area contributed by atoms with Crippen LogP contribution in [-0.4, -0.2) is 26.5 Å². The first-order chi connectivity index (χ1) is 10.0. The molecule has 0 aliphatic heterocycles. The number of hydrogen-bond acceptors (Lipinski definition) is 2. The fourth-order valence-electron chi connectivity index (χ4n) is 2.40. The molecule has 21 heavy (non-hydrogen) atoms. The van der Waals surface area contributed by atoms with Gasteiger partial charge in [0.2, 0.25) is 0 Å². The standard InChI is InChI=1S/C15H18Cl3N3/c1-11(2)21-14(19-10-20-21)7-15(8-16,9-17)12-5-3-4-6-13(12)18/h3-6,10-11H,7-9H2,1-2H3. The van der Waals surface area contributed by atoms with Gasteiger partial charge in [-0.15, -0.1) is 23.2 Å². The molecule has 1 heterocycles.